The Balaban J connectivity index is 2.76. The molecule has 0 fully saturated rings. The summed E-state index contributed by atoms with van der Waals surface area (Å²) in [5.41, 5.74) is -0.247. The van der Waals surface area contributed by atoms with Crippen LogP contribution in [0.1, 0.15) is 129 Å². The van der Waals surface area contributed by atoms with Crippen molar-refractivity contribution < 1.29 is 9.53 Å². The number of unbranched alkanes of at least 4 members (excludes halogenated alkanes) is 6. The lowest BCUT2D eigenvalue weighted by atomic mass is 9.86. The van der Waals surface area contributed by atoms with Gasteiger partial charge in [0.05, 0.1) is 0 Å². The van der Waals surface area contributed by atoms with Gasteiger partial charge in [0.15, 0.2) is 0 Å². The van der Waals surface area contributed by atoms with Crippen LogP contribution in [0.2, 0.25) is 0 Å². The second-order valence-corrected chi connectivity index (χ2v) is 8.26. The SMILES string of the molecule is CCCCCCC1(CCCCCC)C/C=C\CCCCCCCC(=O)O1. The number of cyclic esters (lactones) is 1. The molecule has 2 heteroatoms. The zero-order chi connectivity index (χ0) is 18.9. The van der Waals surface area contributed by atoms with Crippen molar-refractivity contribution in [3.8, 4) is 0 Å². The Labute approximate surface area is 163 Å². The Morgan fingerprint density at radius 2 is 1.42 bits per heavy atom. The predicted molar refractivity (Wildman–Crippen MR) is 112 cm³/mol. The van der Waals surface area contributed by atoms with Gasteiger partial charge in [-0.15, -0.1) is 0 Å². The largest absolute Gasteiger partial charge is 0.459 e. The topological polar surface area (TPSA) is 26.3 Å². The summed E-state index contributed by atoms with van der Waals surface area (Å²) in [5.74, 6) is 0.0450. The zero-order valence-corrected chi connectivity index (χ0v) is 17.7. The van der Waals surface area contributed by atoms with Crippen molar-refractivity contribution in [3.05, 3.63) is 12.2 Å². The molecule has 0 bridgehead atoms. The number of carbonyl (C=O) groups excluding carboxylic acids is 1. The van der Waals surface area contributed by atoms with Crippen LogP contribution in [0.15, 0.2) is 12.2 Å². The van der Waals surface area contributed by atoms with Crippen molar-refractivity contribution in [1.29, 1.82) is 0 Å². The first-order valence-electron chi connectivity index (χ1n) is 11.6. The first kappa shape index (κ1) is 23.2. The molecule has 1 heterocycles. The first-order valence-corrected chi connectivity index (χ1v) is 11.6. The predicted octanol–water partition coefficient (Wildman–Crippen LogP) is 7.90. The van der Waals surface area contributed by atoms with Crippen LogP contribution in [-0.2, 0) is 9.53 Å². The summed E-state index contributed by atoms with van der Waals surface area (Å²) in [6.07, 6.45) is 25.4. The van der Waals surface area contributed by atoms with E-state index in [1.54, 1.807) is 0 Å². The van der Waals surface area contributed by atoms with Crippen LogP contribution in [-0.4, -0.2) is 11.6 Å². The number of allylic oxidation sites excluding steroid dienone is 1. The maximum atomic E-state index is 12.5. The molecule has 0 unspecified atom stereocenters. The molecule has 26 heavy (non-hydrogen) atoms. The Morgan fingerprint density at radius 1 is 0.808 bits per heavy atom. The van der Waals surface area contributed by atoms with Crippen molar-refractivity contribution in [1.82, 2.24) is 0 Å². The fourth-order valence-electron chi connectivity index (χ4n) is 3.99. The highest BCUT2D eigenvalue weighted by Crippen LogP contribution is 2.32. The molecule has 0 amide bonds. The normalized spacial score (nSPS) is 20.5. The highest BCUT2D eigenvalue weighted by molar-refractivity contribution is 5.69. The average molecular weight is 365 g/mol. The van der Waals surface area contributed by atoms with Crippen molar-refractivity contribution in [3.63, 3.8) is 0 Å². The third-order valence-electron chi connectivity index (χ3n) is 5.71. The molecule has 0 saturated heterocycles. The second kappa shape index (κ2) is 15.3. The Bertz CT molecular complexity index is 360. The lowest BCUT2D eigenvalue weighted by molar-refractivity contribution is -0.161. The Morgan fingerprint density at radius 3 is 2.08 bits per heavy atom. The zero-order valence-electron chi connectivity index (χ0n) is 17.7. The smallest absolute Gasteiger partial charge is 0.306 e. The number of carbonyl (C=O) groups is 1. The molecule has 0 radical (unpaired) electrons. The van der Waals surface area contributed by atoms with Gasteiger partial charge < -0.3 is 4.74 Å². The molecule has 0 saturated carbocycles. The van der Waals surface area contributed by atoms with E-state index in [1.165, 1.54) is 83.5 Å². The summed E-state index contributed by atoms with van der Waals surface area (Å²) >= 11 is 0. The van der Waals surface area contributed by atoms with Gasteiger partial charge in [0.25, 0.3) is 0 Å². The third-order valence-corrected chi connectivity index (χ3v) is 5.71. The van der Waals surface area contributed by atoms with Crippen LogP contribution in [0.25, 0.3) is 0 Å². The lowest BCUT2D eigenvalue weighted by Crippen LogP contribution is -2.35. The van der Waals surface area contributed by atoms with Gasteiger partial charge in [-0.25, -0.2) is 0 Å². The van der Waals surface area contributed by atoms with Crippen LogP contribution in [0.4, 0.5) is 0 Å². The highest BCUT2D eigenvalue weighted by atomic mass is 16.6. The van der Waals surface area contributed by atoms with E-state index >= 15 is 0 Å². The van der Waals surface area contributed by atoms with E-state index in [0.717, 1.165) is 25.7 Å². The van der Waals surface area contributed by atoms with Gasteiger partial charge in [-0.05, 0) is 44.9 Å². The minimum Gasteiger partial charge on any atom is -0.459 e. The number of hydrogen-bond donors (Lipinski definition) is 0. The fourth-order valence-corrected chi connectivity index (χ4v) is 3.99. The van der Waals surface area contributed by atoms with Crippen LogP contribution < -0.4 is 0 Å². The molecular weight excluding hydrogens is 320 g/mol. The molecule has 0 spiro atoms. The molecule has 0 aromatic heterocycles. The van der Waals surface area contributed by atoms with E-state index in [-0.39, 0.29) is 11.6 Å². The summed E-state index contributed by atoms with van der Waals surface area (Å²) in [6, 6.07) is 0. The van der Waals surface area contributed by atoms with Crippen molar-refractivity contribution in [2.75, 3.05) is 0 Å². The summed E-state index contributed by atoms with van der Waals surface area (Å²) in [4.78, 5) is 12.5. The number of ether oxygens (including phenoxy) is 1. The van der Waals surface area contributed by atoms with Gasteiger partial charge >= 0.3 is 5.97 Å². The van der Waals surface area contributed by atoms with E-state index < -0.39 is 0 Å². The molecular formula is C24H44O2. The quantitative estimate of drug-likeness (QED) is 0.224. The molecule has 0 aromatic rings. The number of rotatable bonds is 10. The Hall–Kier alpha value is -0.790. The monoisotopic (exact) mass is 364 g/mol. The average Bonchev–Trinajstić information content (AvgIpc) is 2.65. The fraction of sp³-hybridized carbons (Fsp3) is 0.875. The van der Waals surface area contributed by atoms with E-state index in [9.17, 15) is 4.79 Å². The van der Waals surface area contributed by atoms with Gasteiger partial charge in [0, 0.05) is 12.8 Å². The van der Waals surface area contributed by atoms with Gasteiger partial charge in [-0.2, -0.15) is 0 Å². The van der Waals surface area contributed by atoms with Gasteiger partial charge in [-0.3, -0.25) is 4.79 Å². The van der Waals surface area contributed by atoms with Crippen molar-refractivity contribution in [2.24, 2.45) is 0 Å². The molecule has 0 aromatic carbocycles. The van der Waals surface area contributed by atoms with Gasteiger partial charge in [0.1, 0.15) is 5.60 Å². The molecule has 0 atom stereocenters. The van der Waals surface area contributed by atoms with Crippen LogP contribution in [0.3, 0.4) is 0 Å². The van der Waals surface area contributed by atoms with Crippen LogP contribution >= 0.6 is 0 Å². The van der Waals surface area contributed by atoms with Crippen LogP contribution in [0, 0.1) is 0 Å². The molecule has 152 valence electrons. The summed E-state index contributed by atoms with van der Waals surface area (Å²) in [7, 11) is 0. The van der Waals surface area contributed by atoms with E-state index in [4.69, 9.17) is 4.74 Å². The molecule has 2 nitrogen and oxygen atoms in total. The maximum Gasteiger partial charge on any atom is 0.306 e. The van der Waals surface area contributed by atoms with E-state index in [1.807, 2.05) is 0 Å². The molecule has 1 aliphatic heterocycles. The highest BCUT2D eigenvalue weighted by Gasteiger charge is 2.32. The maximum absolute atomic E-state index is 12.5. The summed E-state index contributed by atoms with van der Waals surface area (Å²) in [5, 5.41) is 0. The molecule has 1 rings (SSSR count). The van der Waals surface area contributed by atoms with Crippen molar-refractivity contribution >= 4 is 5.97 Å². The second-order valence-electron chi connectivity index (χ2n) is 8.26. The third kappa shape index (κ3) is 11.0. The standard InChI is InChI=1S/C24H44O2/c1-3-5-7-16-20-24(21-17-8-6-4-2)22-18-14-12-10-9-11-13-15-19-23(25)26-24/h14,18H,3-13,15-17,19-22H2,1-2H3/b18-14-. The van der Waals surface area contributed by atoms with Gasteiger partial charge in [0.2, 0.25) is 0 Å². The first-order chi connectivity index (χ1) is 12.7. The molecule has 0 aliphatic carbocycles. The van der Waals surface area contributed by atoms with E-state index in [0.29, 0.717) is 6.42 Å². The molecule has 1 aliphatic rings. The number of esters is 1. The van der Waals surface area contributed by atoms with Crippen LogP contribution in [0.5, 0.6) is 0 Å². The Kier molecular flexibility index (Phi) is 13.7. The van der Waals surface area contributed by atoms with Gasteiger partial charge in [-0.1, -0.05) is 83.8 Å². The summed E-state index contributed by atoms with van der Waals surface area (Å²) < 4.78 is 6.22. The summed E-state index contributed by atoms with van der Waals surface area (Å²) in [6.45, 7) is 4.50. The van der Waals surface area contributed by atoms with E-state index in [2.05, 4.69) is 26.0 Å². The minimum absolute atomic E-state index is 0.0450. The lowest BCUT2D eigenvalue weighted by Gasteiger charge is -2.33. The number of hydrogen-bond acceptors (Lipinski definition) is 2. The minimum atomic E-state index is -0.247. The van der Waals surface area contributed by atoms with Crippen molar-refractivity contribution in [2.45, 2.75) is 135 Å². The molecule has 0 N–H and O–H groups in total.